The predicted octanol–water partition coefficient (Wildman–Crippen LogP) is 3.10. The van der Waals surface area contributed by atoms with Crippen molar-refractivity contribution in [2.75, 3.05) is 18.5 Å². The fourth-order valence-electron chi connectivity index (χ4n) is 2.73. The lowest BCUT2D eigenvalue weighted by molar-refractivity contribution is -0.383. The van der Waals surface area contributed by atoms with E-state index in [4.69, 9.17) is 9.47 Å². The average Bonchev–Trinajstić information content (AvgIpc) is 3.05. The molecule has 0 radical (unpaired) electrons. The molecule has 0 saturated carbocycles. The summed E-state index contributed by atoms with van der Waals surface area (Å²) in [5.74, 6) is 0.795. The number of nitrogens with one attached hydrogen (secondary N) is 2. The van der Waals surface area contributed by atoms with Crippen LogP contribution in [-0.4, -0.2) is 29.0 Å². The smallest absolute Gasteiger partial charge is 0.293 e. The number of nitro groups is 1. The highest BCUT2D eigenvalue weighted by Crippen LogP contribution is 2.33. The van der Waals surface area contributed by atoms with Gasteiger partial charge in [0, 0.05) is 23.2 Å². The fraction of sp³-hybridized carbons (Fsp3) is 0.118. The third-order valence-electron chi connectivity index (χ3n) is 3.88. The van der Waals surface area contributed by atoms with Gasteiger partial charge in [-0.15, -0.1) is 0 Å². The van der Waals surface area contributed by atoms with Crippen LogP contribution in [0.5, 0.6) is 11.5 Å². The summed E-state index contributed by atoms with van der Waals surface area (Å²) in [6.07, 6.45) is 0. The number of aromatic amines is 1. The Morgan fingerprint density at radius 1 is 1.12 bits per heavy atom. The zero-order chi connectivity index (χ0) is 17.4. The Bertz CT molecular complexity index is 995. The lowest BCUT2D eigenvalue weighted by Gasteiger charge is -2.18. The van der Waals surface area contributed by atoms with E-state index in [1.807, 2.05) is 0 Å². The summed E-state index contributed by atoms with van der Waals surface area (Å²) in [5, 5.41) is 14.4. The molecule has 1 aromatic heterocycles. The number of hydrogen-bond acceptors (Lipinski definition) is 5. The van der Waals surface area contributed by atoms with Gasteiger partial charge >= 0.3 is 0 Å². The number of para-hydroxylation sites is 1. The van der Waals surface area contributed by atoms with Gasteiger partial charge in [-0.3, -0.25) is 14.9 Å². The Labute approximate surface area is 141 Å². The number of fused-ring (bicyclic) bond motifs is 2. The van der Waals surface area contributed by atoms with Crippen LogP contribution in [0.25, 0.3) is 10.9 Å². The van der Waals surface area contributed by atoms with Crippen LogP contribution in [0.3, 0.4) is 0 Å². The highest BCUT2D eigenvalue weighted by Gasteiger charge is 2.18. The van der Waals surface area contributed by atoms with E-state index in [9.17, 15) is 14.9 Å². The molecule has 8 nitrogen and oxygen atoms in total. The fourth-order valence-corrected chi connectivity index (χ4v) is 2.73. The lowest BCUT2D eigenvalue weighted by Crippen LogP contribution is -2.16. The summed E-state index contributed by atoms with van der Waals surface area (Å²) in [6.45, 7) is 0.947. The monoisotopic (exact) mass is 339 g/mol. The summed E-state index contributed by atoms with van der Waals surface area (Å²) < 4.78 is 10.9. The lowest BCUT2D eigenvalue weighted by atomic mass is 10.2. The molecule has 2 aromatic carbocycles. The summed E-state index contributed by atoms with van der Waals surface area (Å²) in [4.78, 5) is 25.9. The summed E-state index contributed by atoms with van der Waals surface area (Å²) >= 11 is 0. The molecule has 2 heterocycles. The third-order valence-corrected chi connectivity index (χ3v) is 3.88. The number of nitro benzene ring substituents is 1. The number of carbonyl (C=O) groups is 1. The van der Waals surface area contributed by atoms with Gasteiger partial charge in [0.05, 0.1) is 4.92 Å². The van der Waals surface area contributed by atoms with Crippen molar-refractivity contribution in [3.8, 4) is 11.5 Å². The highest BCUT2D eigenvalue weighted by atomic mass is 16.6. The maximum atomic E-state index is 12.4. The SMILES string of the molecule is O=C(Nc1ccc2c(c1)OCCO2)c1cc2cccc([N+](=O)[O-])c2[nH]1. The molecule has 0 aliphatic carbocycles. The first-order valence-corrected chi connectivity index (χ1v) is 7.59. The molecule has 0 spiro atoms. The Hall–Kier alpha value is -3.55. The molecule has 126 valence electrons. The van der Waals surface area contributed by atoms with Gasteiger partial charge in [-0.2, -0.15) is 0 Å². The number of amides is 1. The maximum absolute atomic E-state index is 12.4. The molecule has 1 aliphatic heterocycles. The van der Waals surface area contributed by atoms with Crippen LogP contribution in [0.2, 0.25) is 0 Å². The number of H-pyrrole nitrogens is 1. The molecule has 8 heteroatoms. The van der Waals surface area contributed by atoms with Crippen LogP contribution in [0.1, 0.15) is 10.5 Å². The molecule has 0 bridgehead atoms. The van der Waals surface area contributed by atoms with Gasteiger partial charge in [0.2, 0.25) is 0 Å². The molecule has 0 atom stereocenters. The van der Waals surface area contributed by atoms with Crippen LogP contribution in [0, 0.1) is 10.1 Å². The predicted molar refractivity (Wildman–Crippen MR) is 90.3 cm³/mol. The molecule has 25 heavy (non-hydrogen) atoms. The second kappa shape index (κ2) is 5.82. The first kappa shape index (κ1) is 15.0. The summed E-state index contributed by atoms with van der Waals surface area (Å²) in [6, 6.07) is 11.4. The van der Waals surface area contributed by atoms with Crippen LogP contribution < -0.4 is 14.8 Å². The number of anilines is 1. The number of aromatic nitrogens is 1. The van der Waals surface area contributed by atoms with Crippen molar-refractivity contribution in [2.45, 2.75) is 0 Å². The van der Waals surface area contributed by atoms with Crippen molar-refractivity contribution in [2.24, 2.45) is 0 Å². The summed E-state index contributed by atoms with van der Waals surface area (Å²) in [5.41, 5.74) is 1.03. The standard InChI is InChI=1S/C17H13N3O5/c21-17(18-11-4-5-14-15(9-11)25-7-6-24-14)12-8-10-2-1-3-13(20(22)23)16(10)19-12/h1-5,8-9,19H,6-7H2,(H,18,21). The minimum Gasteiger partial charge on any atom is -0.486 e. The third kappa shape index (κ3) is 2.74. The van der Waals surface area contributed by atoms with E-state index in [1.165, 1.54) is 6.07 Å². The van der Waals surface area contributed by atoms with Crippen molar-refractivity contribution >= 4 is 28.2 Å². The number of carbonyl (C=O) groups excluding carboxylic acids is 1. The number of hydrogen-bond donors (Lipinski definition) is 2. The number of non-ortho nitro benzene ring substituents is 1. The van der Waals surface area contributed by atoms with E-state index < -0.39 is 10.8 Å². The molecule has 1 amide bonds. The molecule has 0 saturated heterocycles. The van der Waals surface area contributed by atoms with Crippen molar-refractivity contribution in [1.29, 1.82) is 0 Å². The van der Waals surface area contributed by atoms with Crippen LogP contribution in [0.15, 0.2) is 42.5 Å². The normalized spacial score (nSPS) is 12.8. The average molecular weight is 339 g/mol. The Balaban J connectivity index is 1.62. The largest absolute Gasteiger partial charge is 0.486 e. The molecule has 1 aliphatic rings. The molecule has 3 aromatic rings. The van der Waals surface area contributed by atoms with Crippen LogP contribution in [-0.2, 0) is 0 Å². The first-order chi connectivity index (χ1) is 12.1. The van der Waals surface area contributed by atoms with Gasteiger partial charge in [-0.1, -0.05) is 12.1 Å². The second-order valence-electron chi connectivity index (χ2n) is 5.49. The van der Waals surface area contributed by atoms with Crippen molar-refractivity contribution in [3.63, 3.8) is 0 Å². The minimum atomic E-state index is -0.485. The maximum Gasteiger partial charge on any atom is 0.293 e. The second-order valence-corrected chi connectivity index (χ2v) is 5.49. The first-order valence-electron chi connectivity index (χ1n) is 7.59. The van der Waals surface area contributed by atoms with Gasteiger partial charge in [-0.05, 0) is 18.2 Å². The topological polar surface area (TPSA) is 106 Å². The van der Waals surface area contributed by atoms with Gasteiger partial charge in [0.25, 0.3) is 11.6 Å². The van der Waals surface area contributed by atoms with Gasteiger partial charge in [-0.25, -0.2) is 0 Å². The number of benzene rings is 2. The molecule has 2 N–H and O–H groups in total. The van der Waals surface area contributed by atoms with E-state index in [0.29, 0.717) is 41.3 Å². The van der Waals surface area contributed by atoms with Crippen LogP contribution in [0.4, 0.5) is 11.4 Å². The van der Waals surface area contributed by atoms with Gasteiger partial charge in [0.15, 0.2) is 11.5 Å². The van der Waals surface area contributed by atoms with E-state index >= 15 is 0 Å². The molecule has 0 unspecified atom stereocenters. The van der Waals surface area contributed by atoms with Crippen molar-refractivity contribution < 1.29 is 19.2 Å². The van der Waals surface area contributed by atoms with Crippen LogP contribution >= 0.6 is 0 Å². The molecule has 4 rings (SSSR count). The zero-order valence-corrected chi connectivity index (χ0v) is 12.9. The van der Waals surface area contributed by atoms with E-state index in [1.54, 1.807) is 36.4 Å². The molecular formula is C17H13N3O5. The number of ether oxygens (including phenoxy) is 2. The Morgan fingerprint density at radius 3 is 2.72 bits per heavy atom. The quantitative estimate of drug-likeness (QED) is 0.563. The Morgan fingerprint density at radius 2 is 1.92 bits per heavy atom. The van der Waals surface area contributed by atoms with Gasteiger partial charge in [0.1, 0.15) is 24.4 Å². The van der Waals surface area contributed by atoms with E-state index in [-0.39, 0.29) is 11.4 Å². The Kier molecular flexibility index (Phi) is 3.50. The minimum absolute atomic E-state index is 0.0733. The van der Waals surface area contributed by atoms with E-state index in [2.05, 4.69) is 10.3 Å². The van der Waals surface area contributed by atoms with E-state index in [0.717, 1.165) is 0 Å². The van der Waals surface area contributed by atoms with Crippen molar-refractivity contribution in [3.05, 3.63) is 58.3 Å². The summed E-state index contributed by atoms with van der Waals surface area (Å²) in [7, 11) is 0. The highest BCUT2D eigenvalue weighted by molar-refractivity contribution is 6.07. The molecule has 0 fully saturated rings. The zero-order valence-electron chi connectivity index (χ0n) is 12.9. The molecular weight excluding hydrogens is 326 g/mol. The number of rotatable bonds is 3. The number of nitrogens with zero attached hydrogens (tertiary/aromatic N) is 1. The van der Waals surface area contributed by atoms with Gasteiger partial charge < -0.3 is 19.8 Å². The van der Waals surface area contributed by atoms with Crippen molar-refractivity contribution in [1.82, 2.24) is 4.98 Å².